The number of fused-ring (bicyclic) bond motifs is 1. The van der Waals surface area contributed by atoms with Crippen molar-refractivity contribution < 1.29 is 0 Å². The first-order valence-corrected chi connectivity index (χ1v) is 8.79. The Balaban J connectivity index is 1.68. The van der Waals surface area contributed by atoms with Gasteiger partial charge in [0.05, 0.1) is 0 Å². The van der Waals surface area contributed by atoms with Crippen LogP contribution < -0.4 is 5.32 Å². The van der Waals surface area contributed by atoms with Crippen molar-refractivity contribution in [2.45, 2.75) is 52.0 Å². The van der Waals surface area contributed by atoms with Crippen LogP contribution in [0.1, 0.15) is 55.5 Å². The second-order valence-electron chi connectivity index (χ2n) is 6.22. The molecular formula is C18H25NS. The minimum absolute atomic E-state index is 0.481. The second-order valence-corrected chi connectivity index (χ2v) is 7.31. The molecule has 2 heteroatoms. The first-order valence-electron chi connectivity index (χ1n) is 7.97. The zero-order chi connectivity index (χ0) is 13.9. The van der Waals surface area contributed by atoms with Crippen molar-refractivity contribution in [2.24, 2.45) is 5.92 Å². The molecule has 1 aliphatic rings. The van der Waals surface area contributed by atoms with Crippen molar-refractivity contribution in [1.82, 2.24) is 5.32 Å². The monoisotopic (exact) mass is 287 g/mol. The Morgan fingerprint density at radius 3 is 2.70 bits per heavy atom. The van der Waals surface area contributed by atoms with Crippen molar-refractivity contribution >= 4 is 21.4 Å². The van der Waals surface area contributed by atoms with Crippen LogP contribution in [0.15, 0.2) is 24.3 Å². The zero-order valence-corrected chi connectivity index (χ0v) is 13.4. The normalized spacial score (nSPS) is 18.5. The number of benzene rings is 1. The highest BCUT2D eigenvalue weighted by Crippen LogP contribution is 2.34. The average molecular weight is 287 g/mol. The summed E-state index contributed by atoms with van der Waals surface area (Å²) in [7, 11) is 0. The standard InChI is InChI=1S/C18H25NS/c1-13-16-10-6-7-11-17(16)20-18(13)14(2)19-12-15-8-4-3-5-9-15/h6-7,10-11,14-15,19H,3-5,8-9,12H2,1-2H3. The van der Waals surface area contributed by atoms with Gasteiger partial charge in [0.2, 0.25) is 0 Å². The van der Waals surface area contributed by atoms with Gasteiger partial charge in [-0.1, -0.05) is 37.5 Å². The molecule has 1 N–H and O–H groups in total. The van der Waals surface area contributed by atoms with E-state index in [4.69, 9.17) is 0 Å². The van der Waals surface area contributed by atoms with Gasteiger partial charge in [-0.05, 0) is 56.2 Å². The molecule has 0 spiro atoms. The lowest BCUT2D eigenvalue weighted by molar-refractivity contribution is 0.332. The van der Waals surface area contributed by atoms with E-state index in [0.717, 1.165) is 5.92 Å². The molecule has 1 aromatic heterocycles. The fraction of sp³-hybridized carbons (Fsp3) is 0.556. The molecule has 1 aliphatic carbocycles. The van der Waals surface area contributed by atoms with Crippen molar-refractivity contribution in [1.29, 1.82) is 0 Å². The Labute approximate surface area is 126 Å². The van der Waals surface area contributed by atoms with Crippen LogP contribution in [0.25, 0.3) is 10.1 Å². The molecule has 1 unspecified atom stereocenters. The van der Waals surface area contributed by atoms with Gasteiger partial charge in [-0.25, -0.2) is 0 Å². The Morgan fingerprint density at radius 1 is 1.20 bits per heavy atom. The van der Waals surface area contributed by atoms with E-state index in [1.54, 1.807) is 0 Å². The van der Waals surface area contributed by atoms with Crippen LogP contribution in [-0.4, -0.2) is 6.54 Å². The van der Waals surface area contributed by atoms with E-state index in [0.29, 0.717) is 6.04 Å². The van der Waals surface area contributed by atoms with Gasteiger partial charge >= 0.3 is 0 Å². The van der Waals surface area contributed by atoms with Gasteiger partial charge in [-0.2, -0.15) is 0 Å². The molecule has 0 bridgehead atoms. The molecule has 2 aromatic rings. The van der Waals surface area contributed by atoms with E-state index in [1.807, 2.05) is 11.3 Å². The fourth-order valence-electron chi connectivity index (χ4n) is 3.43. The predicted molar refractivity (Wildman–Crippen MR) is 89.6 cm³/mol. The zero-order valence-electron chi connectivity index (χ0n) is 12.6. The van der Waals surface area contributed by atoms with Gasteiger partial charge in [0.25, 0.3) is 0 Å². The van der Waals surface area contributed by atoms with E-state index in [2.05, 4.69) is 43.4 Å². The Bertz CT molecular complexity index is 566. The second kappa shape index (κ2) is 6.28. The van der Waals surface area contributed by atoms with E-state index in [1.165, 1.54) is 59.2 Å². The van der Waals surface area contributed by atoms with Gasteiger partial charge in [-0.15, -0.1) is 11.3 Å². The quantitative estimate of drug-likeness (QED) is 0.789. The van der Waals surface area contributed by atoms with Crippen LogP contribution in [-0.2, 0) is 0 Å². The van der Waals surface area contributed by atoms with Crippen molar-refractivity contribution in [3.05, 3.63) is 34.7 Å². The maximum absolute atomic E-state index is 3.78. The molecule has 0 aliphatic heterocycles. The number of nitrogens with one attached hydrogen (secondary N) is 1. The topological polar surface area (TPSA) is 12.0 Å². The number of hydrogen-bond acceptors (Lipinski definition) is 2. The predicted octanol–water partition coefficient (Wildman–Crippen LogP) is 5.44. The summed E-state index contributed by atoms with van der Waals surface area (Å²) in [6, 6.07) is 9.26. The Kier molecular flexibility index (Phi) is 4.42. The Hall–Kier alpha value is -0.860. The van der Waals surface area contributed by atoms with E-state index in [9.17, 15) is 0 Å². The van der Waals surface area contributed by atoms with Crippen LogP contribution in [0.3, 0.4) is 0 Å². The summed E-state index contributed by atoms with van der Waals surface area (Å²) in [6.07, 6.45) is 7.16. The summed E-state index contributed by atoms with van der Waals surface area (Å²) in [5.41, 5.74) is 1.47. The van der Waals surface area contributed by atoms with Crippen molar-refractivity contribution in [3.8, 4) is 0 Å². The SMILES string of the molecule is Cc1c(C(C)NCC2CCCCC2)sc2ccccc12. The number of aryl methyl sites for hydroxylation is 1. The highest BCUT2D eigenvalue weighted by Gasteiger charge is 2.17. The summed E-state index contributed by atoms with van der Waals surface area (Å²) in [5.74, 6) is 0.904. The van der Waals surface area contributed by atoms with Gasteiger partial charge in [0.1, 0.15) is 0 Å². The summed E-state index contributed by atoms with van der Waals surface area (Å²) in [6.45, 7) is 5.78. The summed E-state index contributed by atoms with van der Waals surface area (Å²) in [4.78, 5) is 1.52. The van der Waals surface area contributed by atoms with Gasteiger partial charge < -0.3 is 5.32 Å². The molecule has 1 nitrogen and oxygen atoms in total. The molecule has 3 rings (SSSR count). The fourth-order valence-corrected chi connectivity index (χ4v) is 4.67. The summed E-state index contributed by atoms with van der Waals surface area (Å²) < 4.78 is 1.42. The van der Waals surface area contributed by atoms with Crippen LogP contribution in [0, 0.1) is 12.8 Å². The van der Waals surface area contributed by atoms with Crippen molar-refractivity contribution in [3.63, 3.8) is 0 Å². The van der Waals surface area contributed by atoms with Gasteiger partial charge in [-0.3, -0.25) is 0 Å². The molecule has 0 saturated heterocycles. The molecular weight excluding hydrogens is 262 g/mol. The van der Waals surface area contributed by atoms with E-state index in [-0.39, 0.29) is 0 Å². The molecule has 1 fully saturated rings. The highest BCUT2D eigenvalue weighted by molar-refractivity contribution is 7.19. The third kappa shape index (κ3) is 2.91. The van der Waals surface area contributed by atoms with Crippen LogP contribution in [0.5, 0.6) is 0 Å². The van der Waals surface area contributed by atoms with Crippen LogP contribution >= 0.6 is 11.3 Å². The molecule has 20 heavy (non-hydrogen) atoms. The molecule has 108 valence electrons. The summed E-state index contributed by atoms with van der Waals surface area (Å²) in [5, 5.41) is 5.21. The molecule has 1 atom stereocenters. The molecule has 0 radical (unpaired) electrons. The Morgan fingerprint density at radius 2 is 1.95 bits per heavy atom. The minimum atomic E-state index is 0.481. The smallest absolute Gasteiger partial charge is 0.0389 e. The third-order valence-electron chi connectivity index (χ3n) is 4.71. The van der Waals surface area contributed by atoms with Crippen LogP contribution in [0.2, 0.25) is 0 Å². The minimum Gasteiger partial charge on any atom is -0.309 e. The lowest BCUT2D eigenvalue weighted by Crippen LogP contribution is -2.26. The number of hydrogen-bond donors (Lipinski definition) is 1. The molecule has 0 amide bonds. The maximum atomic E-state index is 3.78. The maximum Gasteiger partial charge on any atom is 0.0389 e. The largest absolute Gasteiger partial charge is 0.309 e. The lowest BCUT2D eigenvalue weighted by atomic mass is 9.89. The number of rotatable bonds is 4. The average Bonchev–Trinajstić information content (AvgIpc) is 2.84. The van der Waals surface area contributed by atoms with Crippen molar-refractivity contribution in [2.75, 3.05) is 6.54 Å². The molecule has 1 aromatic carbocycles. The molecule has 1 heterocycles. The van der Waals surface area contributed by atoms with E-state index < -0.39 is 0 Å². The lowest BCUT2D eigenvalue weighted by Gasteiger charge is -2.24. The first-order chi connectivity index (χ1) is 9.75. The van der Waals surface area contributed by atoms with E-state index >= 15 is 0 Å². The number of thiophene rings is 1. The molecule has 1 saturated carbocycles. The van der Waals surface area contributed by atoms with Gasteiger partial charge in [0.15, 0.2) is 0 Å². The third-order valence-corrected chi connectivity index (χ3v) is 6.17. The summed E-state index contributed by atoms with van der Waals surface area (Å²) >= 11 is 1.96. The van der Waals surface area contributed by atoms with Crippen LogP contribution in [0.4, 0.5) is 0 Å². The highest BCUT2D eigenvalue weighted by atomic mass is 32.1. The van der Waals surface area contributed by atoms with Gasteiger partial charge in [0, 0.05) is 15.6 Å². The first kappa shape index (κ1) is 14.1.